The lowest BCUT2D eigenvalue weighted by Gasteiger charge is -2.17. The van der Waals surface area contributed by atoms with E-state index in [1.165, 1.54) is 0 Å². The molecule has 6 aromatic heterocycles. The number of nitrogens with zero attached hydrogens (tertiary/aromatic N) is 15. The fourth-order valence-electron chi connectivity index (χ4n) is 8.97. The third kappa shape index (κ3) is 17.5. The molecule has 30 nitrogen and oxygen atoms in total. The van der Waals surface area contributed by atoms with Gasteiger partial charge in [-0.3, -0.25) is 0 Å². The Balaban J connectivity index is 0.000000211. The number of fused-ring (bicyclic) bond motifs is 3. The van der Waals surface area contributed by atoms with E-state index in [4.69, 9.17) is 91.3 Å². The highest BCUT2D eigenvalue weighted by Crippen LogP contribution is 2.48. The first-order valence-corrected chi connectivity index (χ1v) is 32.3. The molecule has 6 aliphatic carbocycles. The number of hydrogen-bond donors (Lipinski definition) is 12. The van der Waals surface area contributed by atoms with Crippen molar-refractivity contribution in [1.29, 1.82) is 4.29 Å². The predicted octanol–water partition coefficient (Wildman–Crippen LogP) is 6.55. The Labute approximate surface area is 723 Å². The van der Waals surface area contributed by atoms with Crippen molar-refractivity contribution in [3.05, 3.63) is 105 Å². The highest BCUT2D eigenvalue weighted by Gasteiger charge is 2.49. The average Bonchev–Trinajstić information content (AvgIpc) is 1.46. The van der Waals surface area contributed by atoms with Gasteiger partial charge in [0.2, 0.25) is 4.29 Å². The summed E-state index contributed by atoms with van der Waals surface area (Å²) in [6.45, 7) is -16.0. The van der Waals surface area contributed by atoms with Crippen molar-refractivity contribution in [2.45, 2.75) is 223 Å². The van der Waals surface area contributed by atoms with Crippen LogP contribution in [0.25, 0.3) is 33.5 Å². The molecule has 6 saturated carbocycles. The van der Waals surface area contributed by atoms with Gasteiger partial charge in [0.15, 0.2) is 66.4 Å². The molecule has 6 heterocycles. The summed E-state index contributed by atoms with van der Waals surface area (Å²) >= 11 is -0.387. The van der Waals surface area contributed by atoms with Crippen LogP contribution in [0.2, 0.25) is 0 Å². The summed E-state index contributed by atoms with van der Waals surface area (Å²) in [4.78, 5) is 23.5. The van der Waals surface area contributed by atoms with Crippen LogP contribution in [-0.4, -0.2) is 254 Å². The second kappa shape index (κ2) is 35.1. The smallest absolute Gasteiger partial charge is 0.211 e. The summed E-state index contributed by atoms with van der Waals surface area (Å²) in [6.07, 6.45) is -70.0. The van der Waals surface area contributed by atoms with Crippen molar-refractivity contribution in [2.75, 3.05) is 72.5 Å². The summed E-state index contributed by atoms with van der Waals surface area (Å²) in [7, 11) is 0. The Morgan fingerprint density at radius 3 is 1.17 bits per heavy atom. The van der Waals surface area contributed by atoms with Crippen LogP contribution in [0.4, 0.5) is 30.6 Å². The number of benzene rings is 3. The van der Waals surface area contributed by atoms with Crippen molar-refractivity contribution in [1.82, 2.24) is 74.9 Å². The molecule has 12 N–H and O–H groups in total. The number of hydrogen-bond acceptors (Lipinski definition) is 30. The minimum atomic E-state index is -4.54. The van der Waals surface area contributed by atoms with Gasteiger partial charge in [0.25, 0.3) is 0 Å². The van der Waals surface area contributed by atoms with Gasteiger partial charge in [0.05, 0.1) is 122 Å². The topological polar surface area (TPSA) is 415 Å². The molecular weight excluding hydrogens is 1460 g/mol. The molecule has 36 heteroatoms. The summed E-state index contributed by atoms with van der Waals surface area (Å²) in [5, 5.41) is 101. The highest BCUT2D eigenvalue weighted by atomic mass is 32.2. The fraction of sp³-hybridized carbons (Fsp3) is 0.583. The van der Waals surface area contributed by atoms with Gasteiger partial charge in [-0.05, 0) is 111 Å². The van der Waals surface area contributed by atoms with Gasteiger partial charge in [0, 0.05) is 109 Å². The van der Waals surface area contributed by atoms with E-state index in [1.54, 1.807) is 0 Å². The number of thioether (sulfide) groups is 3. The zero-order valence-electron chi connectivity index (χ0n) is 119. The van der Waals surface area contributed by atoms with Crippen LogP contribution in [0.5, 0.6) is 0 Å². The van der Waals surface area contributed by atoms with E-state index in [0.717, 1.165) is 41.5 Å². The van der Waals surface area contributed by atoms with Crippen LogP contribution in [-0.2, 0) is 14.2 Å². The minimum Gasteiger partial charge on any atom is -0.394 e. The fourth-order valence-corrected chi connectivity index (χ4v) is 10.4. The quantitative estimate of drug-likeness (QED) is 0.0153. The normalized spacial score (nSPS) is 52.7. The van der Waals surface area contributed by atoms with Gasteiger partial charge in [0.1, 0.15) is 53.9 Å². The van der Waals surface area contributed by atoms with Crippen LogP contribution in [0.3, 0.4) is 0 Å². The number of aliphatic hydroxyl groups is 9. The second-order valence-electron chi connectivity index (χ2n) is 21.0. The first-order chi connectivity index (χ1) is 76.4. The lowest BCUT2D eigenvalue weighted by molar-refractivity contribution is -0.0629. The van der Waals surface area contributed by atoms with Gasteiger partial charge in [-0.1, -0.05) is 108 Å². The zero-order valence-corrected chi connectivity index (χ0v) is 57.4. The number of aliphatic hydroxyl groups excluding tert-OH is 1. The third-order valence-electron chi connectivity index (χ3n) is 14.1. The van der Waals surface area contributed by atoms with E-state index in [2.05, 4.69) is 102 Å². The molecule has 18 atom stereocenters. The van der Waals surface area contributed by atoms with Crippen LogP contribution in [0, 0.1) is 38.2 Å². The van der Waals surface area contributed by atoms with Gasteiger partial charge in [-0.2, -0.15) is 0 Å². The molecule has 108 heavy (non-hydrogen) atoms. The summed E-state index contributed by atoms with van der Waals surface area (Å²) in [5.74, 6) is -16.6. The lowest BCUT2D eigenvalue weighted by atomic mass is 10.1. The summed E-state index contributed by atoms with van der Waals surface area (Å²) < 4.78 is 593. The van der Waals surface area contributed by atoms with Crippen LogP contribution in [0.15, 0.2) is 69.9 Å². The summed E-state index contributed by atoms with van der Waals surface area (Å²) in [6, 6.07) is -31.1. The maximum Gasteiger partial charge on any atom is 0.211 e. The Morgan fingerprint density at radius 1 is 0.491 bits per heavy atom. The van der Waals surface area contributed by atoms with Crippen LogP contribution in [0.1, 0.15) is 231 Å². The van der Waals surface area contributed by atoms with Gasteiger partial charge in [-0.15, -0.1) is 15.3 Å². The highest BCUT2D eigenvalue weighted by molar-refractivity contribution is 7.99. The Kier molecular flexibility index (Phi) is 10.4. The SMILES string of the molecule is [2H]OC([2H])([2H])C([2H])([2H])O[C@@]1([2H])C([2H])([2H])[C@@]([2H])(n2nnc3c(N[C@]4([2H])C([2H])([2H])[C@@]4([2H])c4c([2H])c([2H])c(C)c(F)c4[2H])nc(SC([2H])([2H])C([2H])([2H])C)nc32)[C@]([2H])(O[2H])[C@]1([2H])O[2H].[2H]c1c([2H])c([C@]2([2H])C([2H])([2H])[C@@]2([2H])Nc2nc(SC([2H])([2H])C([2H])([2H])C)nc3c2nnn3[C@]2([2H])C([2H])([2H])[C@]([2H])(OC([2H])([2H])C([2H])([2H])O)[C@@]([2H])(O)[C@@]2([2H])O)c([2H])c(F)c1C.[2H]c1c([2H])c([C@]2([2H])C([2H])([2H])[C@@]2([2H])Nc2nc(SC([2H])([2H])C([2H])([2H])C)nc3c2nnn3[C@]2([2H])C([2H])([2H])[C@]([2H])(OC([2H])([2H])CO)[C@@]([2H])(O)[C@@]2([2H])O)c([2H])c(F)c1C. The van der Waals surface area contributed by atoms with Crippen molar-refractivity contribution < 1.29 is 157 Å². The maximum atomic E-state index is 15.1. The van der Waals surface area contributed by atoms with E-state index >= 15 is 13.2 Å². The van der Waals surface area contributed by atoms with Crippen molar-refractivity contribution in [3.63, 3.8) is 0 Å². The number of halogens is 3. The van der Waals surface area contributed by atoms with Crippen LogP contribution < -0.4 is 16.0 Å². The van der Waals surface area contributed by atoms with Gasteiger partial charge < -0.3 is 76.1 Å². The molecule has 6 fully saturated rings. The molecule has 6 aliphatic rings. The number of ether oxygens (including phenoxy) is 3. The molecule has 0 saturated heterocycles. The molecule has 0 amide bonds. The monoisotopic (exact) mass is 1620 g/mol. The first kappa shape index (κ1) is 32.2. The summed E-state index contributed by atoms with van der Waals surface area (Å²) in [5.41, 5.74) is -19.8. The lowest BCUT2D eigenvalue weighted by Crippen LogP contribution is -2.33. The van der Waals surface area contributed by atoms with E-state index in [0.29, 0.717) is 0 Å². The van der Waals surface area contributed by atoms with Gasteiger partial charge >= 0.3 is 0 Å². The average molecular weight is 1620 g/mol. The number of anilines is 3. The van der Waals surface area contributed by atoms with E-state index < -0.39 is 394 Å². The third-order valence-corrected chi connectivity index (χ3v) is 16.1. The van der Waals surface area contributed by atoms with E-state index in [9.17, 15) is 32.0 Å². The molecule has 582 valence electrons. The van der Waals surface area contributed by atoms with Gasteiger partial charge in [-0.25, -0.2) is 57.1 Å². The standard InChI is InChI=1S/3C24H31FN6O4S/c3*1-3-8-36-24-27-22(26-16-10-14(16)13-5-4-12(2)15(25)9-13)19-23(28-24)31(30-29-19)17-11-18(35-7-6-32)21(34)20(17)33/h3*4-5,9,14,16-18,20-21,32-34H,3,6-8,10-11H2,1-2H3,(H,26,27,28)/t3*14-,16+,17+,18-,20-,21+/m000/s1/i3D2,4D,5D,6D2,7D2,8D2,9D,10D2,11D2,14D,16D,17D,18D,20D,21D,32D,33D,34D;3D2,4D,5D,6D2,7D2,8D2,9D,10D2,11D2,14D,16D,17D,18D,20D,21D;3D2,4D,5D,7D2,8D2,9D,10D2,11D2,14D,16D,17D,18D,20D,21D. The molecule has 0 spiro atoms. The maximum absolute atomic E-state index is 15.1. The Bertz CT molecular complexity index is 7890. The molecule has 9 aromatic rings. The minimum absolute atomic E-state index is 0.100. The van der Waals surface area contributed by atoms with Crippen LogP contribution >= 0.6 is 35.3 Å². The van der Waals surface area contributed by atoms with Crippen molar-refractivity contribution in [3.8, 4) is 0 Å². The molecule has 0 bridgehead atoms. The molecule has 0 aliphatic heterocycles. The number of nitrogens with one attached hydrogen (secondary N) is 3. The molecule has 15 rings (SSSR count). The molecular formula is C72H93F3N18O12S3. The van der Waals surface area contributed by atoms with E-state index in [-0.39, 0.29) is 49.3 Å². The number of rotatable bonds is 33. The zero-order chi connectivity index (χ0) is 133. The van der Waals surface area contributed by atoms with E-state index in [1.807, 2.05) is 0 Å². The largest absolute Gasteiger partial charge is 0.394 e. The van der Waals surface area contributed by atoms with Crippen molar-refractivity contribution in [2.24, 2.45) is 0 Å². The number of aromatic nitrogens is 15. The molecule has 3 aromatic carbocycles. The second-order valence-corrected chi connectivity index (χ2v) is 23.3. The molecule has 0 radical (unpaired) electrons. The van der Waals surface area contributed by atoms with Crippen molar-refractivity contribution >= 4 is 86.2 Å². The Morgan fingerprint density at radius 2 is 0.833 bits per heavy atom. The Hall–Kier alpha value is -7.14. The molecule has 0 unspecified atom stereocenters. The predicted molar refractivity (Wildman–Crippen MR) is 398 cm³/mol. The first-order valence-electron chi connectivity index (χ1n) is 61.5.